The lowest BCUT2D eigenvalue weighted by molar-refractivity contribution is 1.06. The van der Waals surface area contributed by atoms with Gasteiger partial charge in [0.1, 0.15) is 17.0 Å². The number of hydrogen-bond donors (Lipinski definition) is 2. The number of anilines is 3. The van der Waals surface area contributed by atoms with E-state index >= 15 is 0 Å². The largest absolute Gasteiger partial charge is 0.394 e. The van der Waals surface area contributed by atoms with Crippen LogP contribution >= 0.6 is 35.0 Å². The van der Waals surface area contributed by atoms with E-state index < -0.39 is 0 Å². The molecule has 116 valence electrons. The zero-order valence-electron chi connectivity index (χ0n) is 11.8. The Balaban J connectivity index is 1.86. The van der Waals surface area contributed by atoms with Crippen molar-refractivity contribution in [3.63, 3.8) is 0 Å². The average molecular weight is 363 g/mol. The van der Waals surface area contributed by atoms with Crippen LogP contribution in [0, 0.1) is 0 Å². The molecule has 3 N–H and O–H groups in total. The molecule has 0 amide bonds. The van der Waals surface area contributed by atoms with E-state index in [-0.39, 0.29) is 0 Å². The fraction of sp³-hybridized carbons (Fsp3) is 0. The topological polar surface area (TPSA) is 63.8 Å². The smallest absolute Gasteiger partial charge is 0.158 e. The molecular formula is C16H12Cl2N4S. The number of halogens is 2. The number of hydrogen-bond acceptors (Lipinski definition) is 5. The molecule has 3 rings (SSSR count). The molecule has 0 spiro atoms. The van der Waals surface area contributed by atoms with Crippen molar-refractivity contribution in [3.05, 3.63) is 64.9 Å². The first-order valence-corrected chi connectivity index (χ1v) is 8.26. The summed E-state index contributed by atoms with van der Waals surface area (Å²) in [6.45, 7) is 0. The summed E-state index contributed by atoms with van der Waals surface area (Å²) in [5, 5.41) is 4.78. The van der Waals surface area contributed by atoms with Gasteiger partial charge in [-0.1, -0.05) is 53.2 Å². The second-order valence-corrected chi connectivity index (χ2v) is 6.49. The number of benzene rings is 2. The molecule has 1 aromatic heterocycles. The summed E-state index contributed by atoms with van der Waals surface area (Å²) >= 11 is 13.4. The van der Waals surface area contributed by atoms with Crippen molar-refractivity contribution in [2.75, 3.05) is 11.1 Å². The number of aromatic nitrogens is 2. The second kappa shape index (κ2) is 7.08. The minimum atomic E-state index is 0.461. The molecule has 3 aromatic rings. The highest BCUT2D eigenvalue weighted by molar-refractivity contribution is 7.99. The lowest BCUT2D eigenvalue weighted by Gasteiger charge is -2.11. The third kappa shape index (κ3) is 3.88. The maximum atomic E-state index is 6.18. The SMILES string of the molecule is Nc1c(Nc2ccc(Cl)c(Cl)c2)ncnc1Sc1ccccc1. The minimum absolute atomic E-state index is 0.461. The van der Waals surface area contributed by atoms with E-state index in [1.54, 1.807) is 18.2 Å². The lowest BCUT2D eigenvalue weighted by Crippen LogP contribution is -2.02. The number of nitrogens with one attached hydrogen (secondary N) is 1. The summed E-state index contributed by atoms with van der Waals surface area (Å²) in [7, 11) is 0. The molecule has 0 bridgehead atoms. The number of rotatable bonds is 4. The van der Waals surface area contributed by atoms with Crippen molar-refractivity contribution < 1.29 is 0 Å². The minimum Gasteiger partial charge on any atom is -0.394 e. The van der Waals surface area contributed by atoms with E-state index in [4.69, 9.17) is 28.9 Å². The molecule has 0 saturated heterocycles. The monoisotopic (exact) mass is 362 g/mol. The number of nitrogen functional groups attached to an aromatic ring is 1. The standard InChI is InChI=1S/C16H12Cl2N4S/c17-12-7-6-10(8-13(12)18)22-15-14(19)16(21-9-20-15)23-11-4-2-1-3-5-11/h1-9H,19H2,(H,20,21,22). The molecule has 0 aliphatic carbocycles. The van der Waals surface area contributed by atoms with E-state index in [0.717, 1.165) is 10.6 Å². The van der Waals surface area contributed by atoms with E-state index in [1.807, 2.05) is 30.3 Å². The summed E-state index contributed by atoms with van der Waals surface area (Å²) in [5.74, 6) is 0.525. The quantitative estimate of drug-likeness (QED) is 0.619. The molecule has 0 atom stereocenters. The highest BCUT2D eigenvalue weighted by atomic mass is 35.5. The van der Waals surface area contributed by atoms with Crippen LogP contribution in [0.4, 0.5) is 17.2 Å². The Bertz CT molecular complexity index is 828. The van der Waals surface area contributed by atoms with E-state index in [2.05, 4.69) is 15.3 Å². The van der Waals surface area contributed by atoms with Gasteiger partial charge in [0.25, 0.3) is 0 Å². The highest BCUT2D eigenvalue weighted by Gasteiger charge is 2.10. The van der Waals surface area contributed by atoms with Crippen LogP contribution in [0.15, 0.2) is 64.8 Å². The first kappa shape index (κ1) is 15.9. The average Bonchev–Trinajstić information content (AvgIpc) is 2.56. The van der Waals surface area contributed by atoms with Gasteiger partial charge in [-0.25, -0.2) is 9.97 Å². The maximum absolute atomic E-state index is 6.18. The Labute approximate surface area is 148 Å². The molecule has 0 saturated carbocycles. The first-order chi connectivity index (χ1) is 11.1. The fourth-order valence-electron chi connectivity index (χ4n) is 1.87. The van der Waals surface area contributed by atoms with Crippen molar-refractivity contribution in [1.82, 2.24) is 9.97 Å². The normalized spacial score (nSPS) is 10.5. The summed E-state index contributed by atoms with van der Waals surface area (Å²) < 4.78 is 0. The molecule has 23 heavy (non-hydrogen) atoms. The molecule has 2 aromatic carbocycles. The van der Waals surface area contributed by atoms with Crippen molar-refractivity contribution in [2.45, 2.75) is 9.92 Å². The van der Waals surface area contributed by atoms with E-state index in [9.17, 15) is 0 Å². The van der Waals surface area contributed by atoms with Gasteiger partial charge in [0.15, 0.2) is 5.82 Å². The van der Waals surface area contributed by atoms with Crippen LogP contribution in [0.1, 0.15) is 0 Å². The highest BCUT2D eigenvalue weighted by Crippen LogP contribution is 2.34. The molecule has 0 fully saturated rings. The summed E-state index contributed by atoms with van der Waals surface area (Å²) in [5.41, 5.74) is 7.41. The molecule has 1 heterocycles. The van der Waals surface area contributed by atoms with Gasteiger partial charge in [0.05, 0.1) is 10.0 Å². The molecule has 0 unspecified atom stereocenters. The number of nitrogens with two attached hydrogens (primary N) is 1. The van der Waals surface area contributed by atoms with Gasteiger partial charge in [-0.3, -0.25) is 0 Å². The predicted octanol–water partition coefficient (Wildman–Crippen LogP) is 5.26. The van der Waals surface area contributed by atoms with Crippen LogP contribution < -0.4 is 11.1 Å². The summed E-state index contributed by atoms with van der Waals surface area (Å²) in [4.78, 5) is 9.49. The van der Waals surface area contributed by atoms with Crippen LogP contribution in [-0.4, -0.2) is 9.97 Å². The van der Waals surface area contributed by atoms with Gasteiger partial charge in [0.2, 0.25) is 0 Å². The molecule has 7 heteroatoms. The van der Waals surface area contributed by atoms with Crippen LogP contribution in [0.5, 0.6) is 0 Å². The molecule has 0 aliphatic rings. The molecule has 0 radical (unpaired) electrons. The molecule has 0 aliphatic heterocycles. The number of nitrogens with zero attached hydrogens (tertiary/aromatic N) is 2. The van der Waals surface area contributed by atoms with Crippen molar-refractivity contribution in [3.8, 4) is 0 Å². The van der Waals surface area contributed by atoms with Gasteiger partial charge in [0, 0.05) is 10.6 Å². The van der Waals surface area contributed by atoms with Gasteiger partial charge in [-0.05, 0) is 30.3 Å². The fourth-order valence-corrected chi connectivity index (χ4v) is 2.99. The third-order valence-corrected chi connectivity index (χ3v) is 4.75. The zero-order valence-corrected chi connectivity index (χ0v) is 14.2. The van der Waals surface area contributed by atoms with Gasteiger partial charge in [-0.2, -0.15) is 0 Å². The maximum Gasteiger partial charge on any atom is 0.158 e. The van der Waals surface area contributed by atoms with Crippen LogP contribution in [0.3, 0.4) is 0 Å². The van der Waals surface area contributed by atoms with E-state index in [1.165, 1.54) is 18.1 Å². The Kier molecular flexibility index (Phi) is 4.91. The van der Waals surface area contributed by atoms with Crippen molar-refractivity contribution in [1.29, 1.82) is 0 Å². The van der Waals surface area contributed by atoms with Crippen molar-refractivity contribution >= 4 is 52.2 Å². The second-order valence-electron chi connectivity index (χ2n) is 4.61. The van der Waals surface area contributed by atoms with Crippen LogP contribution in [0.2, 0.25) is 10.0 Å². The Morgan fingerprint density at radius 2 is 1.74 bits per heavy atom. The van der Waals surface area contributed by atoms with Gasteiger partial charge >= 0.3 is 0 Å². The Morgan fingerprint density at radius 3 is 2.48 bits per heavy atom. The predicted molar refractivity (Wildman–Crippen MR) is 96.8 cm³/mol. The zero-order chi connectivity index (χ0) is 16.2. The van der Waals surface area contributed by atoms with Gasteiger partial charge in [-0.15, -0.1) is 0 Å². The molecular weight excluding hydrogens is 351 g/mol. The summed E-state index contributed by atoms with van der Waals surface area (Å²) in [6.07, 6.45) is 1.47. The van der Waals surface area contributed by atoms with Crippen molar-refractivity contribution in [2.24, 2.45) is 0 Å². The van der Waals surface area contributed by atoms with E-state index in [0.29, 0.717) is 26.6 Å². The lowest BCUT2D eigenvalue weighted by atomic mass is 10.3. The first-order valence-electron chi connectivity index (χ1n) is 6.69. The summed E-state index contributed by atoms with van der Waals surface area (Å²) in [6, 6.07) is 15.1. The van der Waals surface area contributed by atoms with Crippen LogP contribution in [-0.2, 0) is 0 Å². The third-order valence-electron chi connectivity index (χ3n) is 2.99. The van der Waals surface area contributed by atoms with Crippen LogP contribution in [0.25, 0.3) is 0 Å². The molecule has 4 nitrogen and oxygen atoms in total. The Hall–Kier alpha value is -1.95. The Morgan fingerprint density at radius 1 is 0.957 bits per heavy atom. The van der Waals surface area contributed by atoms with Gasteiger partial charge < -0.3 is 11.1 Å².